The molecule has 0 aliphatic rings. The molecule has 3 heteroatoms. The van der Waals surface area contributed by atoms with Gasteiger partial charge in [0, 0.05) is 18.2 Å². The Morgan fingerprint density at radius 2 is 1.85 bits per heavy atom. The number of hydrogen-bond acceptors (Lipinski definition) is 3. The topological polar surface area (TPSA) is 45.0 Å². The van der Waals surface area contributed by atoms with Crippen molar-refractivity contribution in [3.8, 4) is 11.8 Å². The van der Waals surface area contributed by atoms with Gasteiger partial charge in [-0.05, 0) is 30.7 Å². The van der Waals surface area contributed by atoms with Gasteiger partial charge in [-0.25, -0.2) is 0 Å². The van der Waals surface area contributed by atoms with Crippen molar-refractivity contribution in [2.24, 2.45) is 0 Å². The third-order valence-electron chi connectivity index (χ3n) is 3.30. The molecule has 102 valence electrons. The summed E-state index contributed by atoms with van der Waals surface area (Å²) in [6.07, 6.45) is 0. The second-order valence-corrected chi connectivity index (χ2v) is 4.65. The fraction of sp³-hybridized carbons (Fsp3) is 0.235. The van der Waals surface area contributed by atoms with Crippen molar-refractivity contribution in [2.45, 2.75) is 19.5 Å². The van der Waals surface area contributed by atoms with Gasteiger partial charge in [0.25, 0.3) is 0 Å². The fourth-order valence-corrected chi connectivity index (χ4v) is 2.10. The van der Waals surface area contributed by atoms with Gasteiger partial charge in [0.05, 0.1) is 18.7 Å². The Hall–Kier alpha value is -2.31. The zero-order valence-corrected chi connectivity index (χ0v) is 11.8. The molecular weight excluding hydrogens is 248 g/mol. The molecule has 0 aliphatic heterocycles. The third-order valence-corrected chi connectivity index (χ3v) is 3.30. The van der Waals surface area contributed by atoms with E-state index in [1.807, 2.05) is 42.5 Å². The predicted molar refractivity (Wildman–Crippen MR) is 79.4 cm³/mol. The van der Waals surface area contributed by atoms with E-state index in [2.05, 4.69) is 24.4 Å². The summed E-state index contributed by atoms with van der Waals surface area (Å²) in [4.78, 5) is 0. The molecule has 0 unspecified atom stereocenters. The van der Waals surface area contributed by atoms with Crippen molar-refractivity contribution in [3.05, 3.63) is 65.2 Å². The van der Waals surface area contributed by atoms with Gasteiger partial charge in [-0.2, -0.15) is 5.26 Å². The molecule has 1 N–H and O–H groups in total. The lowest BCUT2D eigenvalue weighted by Gasteiger charge is -2.17. The normalized spacial score (nSPS) is 11.7. The van der Waals surface area contributed by atoms with Gasteiger partial charge < -0.3 is 10.1 Å². The molecule has 0 amide bonds. The Kier molecular flexibility index (Phi) is 4.75. The number of rotatable bonds is 5. The maximum absolute atomic E-state index is 8.77. The molecule has 2 aromatic rings. The second kappa shape index (κ2) is 6.74. The molecule has 2 rings (SSSR count). The van der Waals surface area contributed by atoms with E-state index in [1.165, 1.54) is 0 Å². The molecule has 1 atom stereocenters. The van der Waals surface area contributed by atoms with Gasteiger partial charge in [0.2, 0.25) is 0 Å². The summed E-state index contributed by atoms with van der Waals surface area (Å²) >= 11 is 0. The summed E-state index contributed by atoms with van der Waals surface area (Å²) in [5.41, 5.74) is 2.99. The van der Waals surface area contributed by atoms with Gasteiger partial charge in [0.15, 0.2) is 0 Å². The highest BCUT2D eigenvalue weighted by Crippen LogP contribution is 2.24. The van der Waals surface area contributed by atoms with Crippen molar-refractivity contribution in [1.82, 2.24) is 5.32 Å². The van der Waals surface area contributed by atoms with Crippen LogP contribution in [0.1, 0.15) is 29.7 Å². The minimum atomic E-state index is 0.196. The summed E-state index contributed by atoms with van der Waals surface area (Å²) < 4.78 is 5.37. The number of nitrogens with one attached hydrogen (secondary N) is 1. The van der Waals surface area contributed by atoms with Crippen molar-refractivity contribution in [2.75, 3.05) is 7.11 Å². The van der Waals surface area contributed by atoms with E-state index in [0.29, 0.717) is 5.56 Å². The van der Waals surface area contributed by atoms with Crippen molar-refractivity contribution in [3.63, 3.8) is 0 Å². The quantitative estimate of drug-likeness (QED) is 0.902. The molecule has 0 radical (unpaired) electrons. The Bertz CT molecular complexity index is 599. The smallest absolute Gasteiger partial charge is 0.123 e. The summed E-state index contributed by atoms with van der Waals surface area (Å²) in [6, 6.07) is 18.0. The zero-order chi connectivity index (χ0) is 14.4. The number of nitrogens with zero attached hydrogens (tertiary/aromatic N) is 1. The van der Waals surface area contributed by atoms with Gasteiger partial charge >= 0.3 is 0 Å². The summed E-state index contributed by atoms with van der Waals surface area (Å²) in [6.45, 7) is 2.87. The molecular formula is C17H18N2O. The van der Waals surface area contributed by atoms with Gasteiger partial charge in [-0.3, -0.25) is 0 Å². The van der Waals surface area contributed by atoms with Crippen LogP contribution >= 0.6 is 0 Å². The lowest BCUT2D eigenvalue weighted by molar-refractivity contribution is 0.401. The number of para-hydroxylation sites is 1. The van der Waals surface area contributed by atoms with Crippen molar-refractivity contribution < 1.29 is 4.74 Å². The summed E-state index contributed by atoms with van der Waals surface area (Å²) in [5.74, 6) is 0.896. The first kappa shape index (κ1) is 14.1. The SMILES string of the molecule is COc1ccccc1[C@H](C)NCc1ccc(C#N)cc1. The van der Waals surface area contributed by atoms with Crippen molar-refractivity contribution in [1.29, 1.82) is 5.26 Å². The minimum absolute atomic E-state index is 0.196. The van der Waals surface area contributed by atoms with Crippen LogP contribution in [0.15, 0.2) is 48.5 Å². The average Bonchev–Trinajstić information content (AvgIpc) is 2.53. The average molecular weight is 266 g/mol. The molecule has 0 bridgehead atoms. The maximum atomic E-state index is 8.77. The van der Waals surface area contributed by atoms with E-state index in [1.54, 1.807) is 7.11 Å². The Balaban J connectivity index is 2.01. The van der Waals surface area contributed by atoms with Crippen LogP contribution in [0.25, 0.3) is 0 Å². The van der Waals surface area contributed by atoms with E-state index < -0.39 is 0 Å². The molecule has 0 saturated heterocycles. The van der Waals surface area contributed by atoms with Crippen LogP contribution in [0.2, 0.25) is 0 Å². The fourth-order valence-electron chi connectivity index (χ4n) is 2.10. The Labute approximate surface area is 119 Å². The standard InChI is InChI=1S/C17H18N2O/c1-13(16-5-3-4-6-17(16)20-2)19-12-15-9-7-14(11-18)8-10-15/h3-10,13,19H,12H2,1-2H3/t13-/m0/s1. The Morgan fingerprint density at radius 1 is 1.15 bits per heavy atom. The molecule has 3 nitrogen and oxygen atoms in total. The number of nitriles is 1. The lowest BCUT2D eigenvalue weighted by atomic mass is 10.1. The highest BCUT2D eigenvalue weighted by molar-refractivity contribution is 5.36. The predicted octanol–water partition coefficient (Wildman–Crippen LogP) is 3.42. The van der Waals surface area contributed by atoms with Crippen LogP contribution in [-0.4, -0.2) is 7.11 Å². The molecule has 0 aromatic heterocycles. The number of hydrogen-bond donors (Lipinski definition) is 1. The van der Waals surface area contributed by atoms with Gasteiger partial charge in [-0.1, -0.05) is 30.3 Å². The maximum Gasteiger partial charge on any atom is 0.123 e. The monoisotopic (exact) mass is 266 g/mol. The molecule has 0 spiro atoms. The minimum Gasteiger partial charge on any atom is -0.496 e. The molecule has 0 aliphatic carbocycles. The largest absolute Gasteiger partial charge is 0.496 e. The van der Waals surface area contributed by atoms with Gasteiger partial charge in [0.1, 0.15) is 5.75 Å². The highest BCUT2D eigenvalue weighted by Gasteiger charge is 2.09. The summed E-state index contributed by atoms with van der Waals surface area (Å²) in [5, 5.41) is 12.2. The van der Waals surface area contributed by atoms with Gasteiger partial charge in [-0.15, -0.1) is 0 Å². The van der Waals surface area contributed by atoms with Crippen LogP contribution in [0, 0.1) is 11.3 Å². The van der Waals surface area contributed by atoms with E-state index >= 15 is 0 Å². The van der Waals surface area contributed by atoms with Crippen LogP contribution in [0.3, 0.4) is 0 Å². The number of ether oxygens (including phenoxy) is 1. The molecule has 0 heterocycles. The first-order valence-electron chi connectivity index (χ1n) is 6.60. The van der Waals surface area contributed by atoms with Crippen LogP contribution in [-0.2, 0) is 6.54 Å². The highest BCUT2D eigenvalue weighted by atomic mass is 16.5. The first-order chi connectivity index (χ1) is 9.74. The van der Waals surface area contributed by atoms with E-state index in [4.69, 9.17) is 10.00 Å². The summed E-state index contributed by atoms with van der Waals surface area (Å²) in [7, 11) is 1.69. The zero-order valence-electron chi connectivity index (χ0n) is 11.8. The van der Waals surface area contributed by atoms with Crippen LogP contribution in [0.5, 0.6) is 5.75 Å². The molecule has 0 fully saturated rings. The molecule has 20 heavy (non-hydrogen) atoms. The van der Waals surface area contributed by atoms with Crippen LogP contribution < -0.4 is 10.1 Å². The van der Waals surface area contributed by atoms with Crippen molar-refractivity contribution >= 4 is 0 Å². The van der Waals surface area contributed by atoms with E-state index in [-0.39, 0.29) is 6.04 Å². The second-order valence-electron chi connectivity index (χ2n) is 4.65. The number of methoxy groups -OCH3 is 1. The Morgan fingerprint density at radius 3 is 2.50 bits per heavy atom. The third kappa shape index (κ3) is 3.37. The molecule has 0 saturated carbocycles. The number of benzene rings is 2. The lowest BCUT2D eigenvalue weighted by Crippen LogP contribution is -2.18. The van der Waals surface area contributed by atoms with E-state index in [0.717, 1.165) is 23.4 Å². The van der Waals surface area contributed by atoms with E-state index in [9.17, 15) is 0 Å². The molecule has 2 aromatic carbocycles. The van der Waals surface area contributed by atoms with Crippen LogP contribution in [0.4, 0.5) is 0 Å². The first-order valence-corrected chi connectivity index (χ1v) is 6.60.